The highest BCUT2D eigenvalue weighted by Gasteiger charge is 2.25. The van der Waals surface area contributed by atoms with Crippen molar-refractivity contribution < 1.29 is 102 Å². The number of esters is 7. The van der Waals surface area contributed by atoms with Gasteiger partial charge in [0.15, 0.2) is 11.6 Å². The van der Waals surface area contributed by atoms with E-state index in [1.54, 1.807) is 72.7 Å². The molecule has 0 aliphatic rings. The number of aliphatic hydroxyl groups is 4. The predicted octanol–water partition coefficient (Wildman–Crippen LogP) is 17.3. The number of aryl methyl sites for hydroxylation is 3. The first-order chi connectivity index (χ1) is 60.1. The molecule has 4 N–H and O–H groups in total. The van der Waals surface area contributed by atoms with Gasteiger partial charge < -0.3 is 68.3 Å². The molecule has 24 nitrogen and oxygen atoms in total. The standard InChI is InChI=1S/2C34H35NO7.C27H33NO4.C6H10O3/c2*1-6-40-32(37)30(24(5)36)21-25-11-17-28(18-12-25)35(27-15-9-23(4)10-16-27)29-19-13-26(14-20-29)22-31(33(38)41-7-2)34(39)42-8-3;1-20-2-8-25(9-3-20)28(26-10-4-21(5-11-26)14-23(16-29)17-30)27-12-6-22(7-13-27)15-24(18-31)19-32;1-3-9-6(8)4-5(2)7/h2*9-22H,6-8H2,1-5H3;2-13,23-24,29-32H,14-19H2,1H3;3-4H2,1-2H3/b2*30-21+;;. The molecular weight excluding hydrogens is 1590 g/mol. The number of carbonyl (C=O) groups excluding carboxylic acids is 10. The molecular formula is C101H113N3O21. The highest BCUT2D eigenvalue weighted by Crippen LogP contribution is 2.39. The van der Waals surface area contributed by atoms with Gasteiger partial charge in [-0.3, -0.25) is 19.2 Å². The summed E-state index contributed by atoms with van der Waals surface area (Å²) in [5.74, 6) is -5.93. The molecule has 0 amide bonds. The molecule has 0 aliphatic heterocycles. The van der Waals surface area contributed by atoms with Crippen molar-refractivity contribution in [2.45, 2.75) is 109 Å². The first kappa shape index (κ1) is 100. The van der Waals surface area contributed by atoms with Gasteiger partial charge in [-0.25, -0.2) is 28.8 Å². The summed E-state index contributed by atoms with van der Waals surface area (Å²) < 4.78 is 34.7. The first-order valence-corrected chi connectivity index (χ1v) is 41.3. The average molecular weight is 1710 g/mol. The molecule has 0 aliphatic carbocycles. The van der Waals surface area contributed by atoms with Crippen LogP contribution in [-0.4, -0.2) is 152 Å². The Balaban J connectivity index is 0.000000278. The largest absolute Gasteiger partial charge is 0.466 e. The minimum Gasteiger partial charge on any atom is -0.466 e. The Hall–Kier alpha value is -13.5. The smallest absolute Gasteiger partial charge is 0.345 e. The summed E-state index contributed by atoms with van der Waals surface area (Å²) in [5, 5.41) is 37.4. The third kappa shape index (κ3) is 32.0. The van der Waals surface area contributed by atoms with E-state index in [9.17, 15) is 68.4 Å². The van der Waals surface area contributed by atoms with Crippen molar-refractivity contribution in [3.8, 4) is 0 Å². The van der Waals surface area contributed by atoms with Gasteiger partial charge in [0.2, 0.25) is 0 Å². The van der Waals surface area contributed by atoms with Crippen molar-refractivity contribution in [2.24, 2.45) is 11.8 Å². The molecule has 0 fully saturated rings. The lowest BCUT2D eigenvalue weighted by atomic mass is 9.99. The Labute approximate surface area is 731 Å². The van der Waals surface area contributed by atoms with Crippen LogP contribution in [0.3, 0.4) is 0 Å². The second-order valence-electron chi connectivity index (χ2n) is 28.4. The van der Waals surface area contributed by atoms with Gasteiger partial charge in [0.1, 0.15) is 34.5 Å². The Morgan fingerprint density at radius 1 is 0.272 bits per heavy atom. The van der Waals surface area contributed by atoms with Gasteiger partial charge in [0.05, 0.1) is 46.2 Å². The molecule has 9 aromatic rings. The molecule has 0 aromatic heterocycles. The van der Waals surface area contributed by atoms with Crippen LogP contribution >= 0.6 is 0 Å². The number of ketones is 3. The maximum atomic E-state index is 12.4. The van der Waals surface area contributed by atoms with Crippen molar-refractivity contribution in [3.05, 3.63) is 291 Å². The summed E-state index contributed by atoms with van der Waals surface area (Å²) in [6.07, 6.45) is 7.10. The molecule has 0 saturated heterocycles. The van der Waals surface area contributed by atoms with E-state index in [0.717, 1.165) is 73.4 Å². The first-order valence-electron chi connectivity index (χ1n) is 41.3. The zero-order valence-corrected chi connectivity index (χ0v) is 73.2. The fourth-order valence-electron chi connectivity index (χ4n) is 12.3. The summed E-state index contributed by atoms with van der Waals surface area (Å²) in [7, 11) is 0. The summed E-state index contributed by atoms with van der Waals surface area (Å²) in [6, 6.07) is 70.4. The van der Waals surface area contributed by atoms with Crippen LogP contribution in [0.2, 0.25) is 0 Å². The van der Waals surface area contributed by atoms with Crippen molar-refractivity contribution >= 4 is 135 Å². The highest BCUT2D eigenvalue weighted by atomic mass is 16.6. The number of Topliss-reactive ketones (excluding diaryl/α,β-unsaturated/α-hetero) is 3. The zero-order chi connectivity index (χ0) is 91.5. The minimum atomic E-state index is -0.744. The lowest BCUT2D eigenvalue weighted by Crippen LogP contribution is -2.18. The van der Waals surface area contributed by atoms with E-state index in [4.69, 9.17) is 28.4 Å². The third-order valence-corrected chi connectivity index (χ3v) is 18.6. The van der Waals surface area contributed by atoms with Crippen LogP contribution in [0, 0.1) is 32.6 Å². The van der Waals surface area contributed by atoms with Crippen LogP contribution in [-0.2, 0) is 93.9 Å². The fraction of sp³-hybridized carbons (Fsp3) is 0.287. The van der Waals surface area contributed by atoms with Crippen molar-refractivity contribution in [1.82, 2.24) is 0 Å². The van der Waals surface area contributed by atoms with Crippen molar-refractivity contribution in [2.75, 3.05) is 87.4 Å². The van der Waals surface area contributed by atoms with Crippen molar-refractivity contribution in [1.29, 1.82) is 0 Å². The highest BCUT2D eigenvalue weighted by molar-refractivity contribution is 6.21. The molecule has 658 valence electrons. The Bertz CT molecular complexity index is 4800. The van der Waals surface area contributed by atoms with E-state index in [-0.39, 0.29) is 124 Å². The van der Waals surface area contributed by atoms with Gasteiger partial charge in [0.25, 0.3) is 0 Å². The summed E-state index contributed by atoms with van der Waals surface area (Å²) in [5.41, 5.74) is 15.9. The van der Waals surface area contributed by atoms with Gasteiger partial charge in [-0.05, 0) is 270 Å². The van der Waals surface area contributed by atoms with Crippen LogP contribution in [0.25, 0.3) is 24.3 Å². The lowest BCUT2D eigenvalue weighted by Gasteiger charge is -2.26. The Morgan fingerprint density at radius 3 is 0.640 bits per heavy atom. The lowest BCUT2D eigenvalue weighted by molar-refractivity contribution is -0.148. The SMILES string of the molecule is CCOC(=O)C(=Cc1ccc(N(c2ccc(C)cc2)c2ccc(/C=C(\C(C)=O)C(=O)OCC)cc2)cc1)C(=O)OCC.CCOC(=O)C(=Cc1ccc(N(c2ccc(C)cc2)c2ccc(/C=C(\C(C)=O)C(=O)OCC)cc2)cc1)C(=O)OCC.CCOC(=O)CC(C)=O.Cc1ccc(N(c2ccc(CC(CO)CO)cc2)c2ccc(CC(CO)CO)cc2)cc1. The van der Waals surface area contributed by atoms with Gasteiger partial charge in [-0.15, -0.1) is 0 Å². The summed E-state index contributed by atoms with van der Waals surface area (Å²) in [4.78, 5) is 125. The van der Waals surface area contributed by atoms with Crippen LogP contribution in [0.5, 0.6) is 0 Å². The second-order valence-corrected chi connectivity index (χ2v) is 28.4. The quantitative estimate of drug-likeness (QED) is 0.00918. The molecule has 9 aromatic carbocycles. The van der Waals surface area contributed by atoms with Crippen LogP contribution in [0.4, 0.5) is 51.2 Å². The minimum absolute atomic E-state index is 0.0198. The number of nitrogens with zero attached hydrogens (tertiary/aromatic N) is 3. The number of benzene rings is 9. The number of ether oxygens (including phenoxy) is 7. The monoisotopic (exact) mass is 1700 g/mol. The van der Waals surface area contributed by atoms with E-state index in [2.05, 4.69) is 65.1 Å². The zero-order valence-electron chi connectivity index (χ0n) is 73.2. The summed E-state index contributed by atoms with van der Waals surface area (Å²) >= 11 is 0. The van der Waals surface area contributed by atoms with Crippen LogP contribution in [0.15, 0.2) is 241 Å². The van der Waals surface area contributed by atoms with Crippen molar-refractivity contribution in [3.63, 3.8) is 0 Å². The third-order valence-electron chi connectivity index (χ3n) is 18.6. The Kier molecular flexibility index (Phi) is 42.3. The normalized spacial score (nSPS) is 10.8. The Morgan fingerprint density at radius 2 is 0.456 bits per heavy atom. The number of anilines is 9. The van der Waals surface area contributed by atoms with E-state index < -0.39 is 41.8 Å². The number of carbonyl (C=O) groups is 10. The number of hydrogen-bond donors (Lipinski definition) is 4. The molecule has 0 saturated carbocycles. The molecule has 0 bridgehead atoms. The molecule has 0 spiro atoms. The molecule has 0 radical (unpaired) electrons. The maximum absolute atomic E-state index is 12.4. The topological polar surface area (TPSA) is 326 Å². The second kappa shape index (κ2) is 52.7. The van der Waals surface area contributed by atoms with E-state index in [1.165, 1.54) is 50.6 Å². The predicted molar refractivity (Wildman–Crippen MR) is 485 cm³/mol. The number of rotatable bonds is 38. The van der Waals surface area contributed by atoms with Gasteiger partial charge >= 0.3 is 41.8 Å². The van der Waals surface area contributed by atoms with Crippen LogP contribution in [0.1, 0.15) is 126 Å². The fourth-order valence-corrected chi connectivity index (χ4v) is 12.3. The number of hydrogen-bond acceptors (Lipinski definition) is 24. The van der Waals surface area contributed by atoms with Gasteiger partial charge in [-0.1, -0.05) is 126 Å². The molecule has 0 unspecified atom stereocenters. The molecule has 0 heterocycles. The van der Waals surface area contributed by atoms with Gasteiger partial charge in [-0.2, -0.15) is 0 Å². The van der Waals surface area contributed by atoms with E-state index in [1.807, 2.05) is 169 Å². The molecule has 0 atom stereocenters. The number of aliphatic hydroxyl groups excluding tert-OH is 4. The average Bonchev–Trinajstić information content (AvgIpc) is 0.811. The van der Waals surface area contributed by atoms with Gasteiger partial charge in [0, 0.05) is 89.4 Å². The van der Waals surface area contributed by atoms with E-state index in [0.29, 0.717) is 41.7 Å². The molecule has 125 heavy (non-hydrogen) atoms. The maximum Gasteiger partial charge on any atom is 0.345 e. The molecule has 24 heteroatoms. The van der Waals surface area contributed by atoms with Crippen LogP contribution < -0.4 is 14.7 Å². The van der Waals surface area contributed by atoms with E-state index >= 15 is 0 Å². The molecule has 9 rings (SSSR count). The summed E-state index contributed by atoms with van der Waals surface area (Å²) in [6.45, 7) is 22.9.